The first kappa shape index (κ1) is 20.5. The van der Waals surface area contributed by atoms with E-state index in [1.807, 2.05) is 36.4 Å². The number of nitrogens with zero attached hydrogens (tertiary/aromatic N) is 1. The summed E-state index contributed by atoms with van der Waals surface area (Å²) in [4.78, 5) is 32.3. The van der Waals surface area contributed by atoms with Crippen LogP contribution in [0.2, 0.25) is 0 Å². The maximum Gasteiger partial charge on any atom is 0.268 e. The highest BCUT2D eigenvalue weighted by molar-refractivity contribution is 6.43. The highest BCUT2D eigenvalue weighted by Gasteiger charge is 2.41. The third-order valence-electron chi connectivity index (χ3n) is 6.78. The van der Waals surface area contributed by atoms with Gasteiger partial charge in [0.1, 0.15) is 5.75 Å². The number of aromatic amines is 1. The lowest BCUT2D eigenvalue weighted by atomic mass is 9.84. The van der Waals surface area contributed by atoms with Crippen LogP contribution in [0.1, 0.15) is 47.1 Å². The molecule has 6 rings (SSSR count). The number of rotatable bonds is 2. The molecule has 4 aromatic carbocycles. The monoisotopic (exact) mass is 448 g/mol. The quantitative estimate of drug-likeness (QED) is 0.310. The van der Waals surface area contributed by atoms with Gasteiger partial charge in [0.15, 0.2) is 0 Å². The van der Waals surface area contributed by atoms with Gasteiger partial charge in [0, 0.05) is 16.3 Å². The SMILES string of the molecule is COc1ccc2[nH]c3c4c(c5cc(C(C)(C)C)ccc5c3c2c1)C(=O)N(c1ccccc1)C4=O. The molecule has 0 saturated heterocycles. The average Bonchev–Trinajstić information content (AvgIpc) is 3.33. The van der Waals surface area contributed by atoms with E-state index in [4.69, 9.17) is 4.74 Å². The topological polar surface area (TPSA) is 62.4 Å². The second-order valence-corrected chi connectivity index (χ2v) is 9.83. The van der Waals surface area contributed by atoms with Gasteiger partial charge < -0.3 is 9.72 Å². The number of imide groups is 1. The fourth-order valence-corrected chi connectivity index (χ4v) is 5.02. The number of fused-ring (bicyclic) bond motifs is 8. The number of para-hydroxylation sites is 1. The summed E-state index contributed by atoms with van der Waals surface area (Å²) in [7, 11) is 1.64. The molecule has 5 aromatic rings. The predicted molar refractivity (Wildman–Crippen MR) is 136 cm³/mol. The van der Waals surface area contributed by atoms with Crippen LogP contribution in [0, 0.1) is 0 Å². The van der Waals surface area contributed by atoms with Crippen LogP contribution in [0.15, 0.2) is 66.7 Å². The highest BCUT2D eigenvalue weighted by atomic mass is 16.5. The van der Waals surface area contributed by atoms with Gasteiger partial charge in [0.25, 0.3) is 11.8 Å². The Balaban J connectivity index is 1.78. The molecule has 2 amide bonds. The number of nitrogens with one attached hydrogen (secondary N) is 1. The van der Waals surface area contributed by atoms with Gasteiger partial charge in [-0.15, -0.1) is 0 Å². The molecule has 0 spiro atoms. The number of benzene rings is 4. The Hall–Kier alpha value is -4.12. The zero-order valence-electron chi connectivity index (χ0n) is 19.5. The summed E-state index contributed by atoms with van der Waals surface area (Å²) in [5.74, 6) is 0.139. The van der Waals surface area contributed by atoms with Crippen LogP contribution in [0.25, 0.3) is 32.6 Å². The minimum Gasteiger partial charge on any atom is -0.497 e. The molecule has 2 heterocycles. The van der Waals surface area contributed by atoms with Crippen LogP contribution in [0.4, 0.5) is 5.69 Å². The van der Waals surface area contributed by atoms with Gasteiger partial charge in [-0.1, -0.05) is 51.1 Å². The molecule has 0 bridgehead atoms. The minimum atomic E-state index is -0.308. The van der Waals surface area contributed by atoms with Crippen molar-refractivity contribution in [2.45, 2.75) is 26.2 Å². The lowest BCUT2D eigenvalue weighted by Gasteiger charge is -2.20. The van der Waals surface area contributed by atoms with Crippen LogP contribution in [0.3, 0.4) is 0 Å². The Kier molecular flexibility index (Phi) is 4.18. The average molecular weight is 449 g/mol. The molecule has 1 aromatic heterocycles. The van der Waals surface area contributed by atoms with Crippen molar-refractivity contribution >= 4 is 50.1 Å². The third kappa shape index (κ3) is 2.73. The van der Waals surface area contributed by atoms with Crippen molar-refractivity contribution in [3.8, 4) is 5.75 Å². The number of ether oxygens (including phenoxy) is 1. The molecule has 5 heteroatoms. The lowest BCUT2D eigenvalue weighted by molar-refractivity contribution is 0.0927. The normalized spacial score (nSPS) is 13.9. The molecule has 34 heavy (non-hydrogen) atoms. The molecule has 0 atom stereocenters. The summed E-state index contributed by atoms with van der Waals surface area (Å²) in [6.45, 7) is 6.44. The standard InChI is InChI=1S/C29H24N2O3/c1-29(2,3)16-10-12-19-20(14-16)24-25(28(33)31(27(24)32)17-8-6-5-7-9-17)26-23(19)21-15-18(34-4)11-13-22(21)30-26/h5-15,30H,1-4H3. The number of methoxy groups -OCH3 is 1. The number of aromatic nitrogens is 1. The van der Waals surface area contributed by atoms with Crippen molar-refractivity contribution < 1.29 is 14.3 Å². The molecular weight excluding hydrogens is 424 g/mol. The van der Waals surface area contributed by atoms with E-state index in [0.717, 1.165) is 38.4 Å². The Morgan fingerprint density at radius 2 is 1.53 bits per heavy atom. The van der Waals surface area contributed by atoms with Crippen LogP contribution >= 0.6 is 0 Å². The summed E-state index contributed by atoms with van der Waals surface area (Å²) in [6.07, 6.45) is 0. The molecule has 0 saturated carbocycles. The van der Waals surface area contributed by atoms with Gasteiger partial charge in [0.05, 0.1) is 29.4 Å². The van der Waals surface area contributed by atoms with Gasteiger partial charge in [-0.05, 0) is 58.1 Å². The molecule has 5 nitrogen and oxygen atoms in total. The molecule has 1 aliphatic heterocycles. The van der Waals surface area contributed by atoms with Crippen molar-refractivity contribution in [3.05, 3.63) is 83.4 Å². The molecule has 0 aliphatic carbocycles. The first-order chi connectivity index (χ1) is 16.3. The van der Waals surface area contributed by atoms with E-state index in [1.54, 1.807) is 19.2 Å². The van der Waals surface area contributed by atoms with Crippen molar-refractivity contribution in [2.24, 2.45) is 0 Å². The van der Waals surface area contributed by atoms with Crippen LogP contribution in [0.5, 0.6) is 5.75 Å². The lowest BCUT2D eigenvalue weighted by Crippen LogP contribution is -2.29. The Bertz CT molecular complexity index is 1660. The Labute approximate surface area is 196 Å². The van der Waals surface area contributed by atoms with E-state index in [9.17, 15) is 9.59 Å². The summed E-state index contributed by atoms with van der Waals surface area (Å²) in [5, 5.41) is 3.64. The zero-order valence-corrected chi connectivity index (χ0v) is 19.5. The number of amides is 2. The number of carbonyl (C=O) groups excluding carboxylic acids is 2. The van der Waals surface area contributed by atoms with E-state index in [2.05, 4.69) is 44.0 Å². The second kappa shape index (κ2) is 6.94. The van der Waals surface area contributed by atoms with E-state index < -0.39 is 0 Å². The van der Waals surface area contributed by atoms with Gasteiger partial charge in [0.2, 0.25) is 0 Å². The van der Waals surface area contributed by atoms with E-state index in [-0.39, 0.29) is 17.2 Å². The molecule has 168 valence electrons. The van der Waals surface area contributed by atoms with Crippen molar-refractivity contribution in [2.75, 3.05) is 12.0 Å². The summed E-state index contributed by atoms with van der Waals surface area (Å²) in [5.41, 5.74) is 4.04. The van der Waals surface area contributed by atoms with Gasteiger partial charge in [-0.3, -0.25) is 9.59 Å². The summed E-state index contributed by atoms with van der Waals surface area (Å²) >= 11 is 0. The number of H-pyrrole nitrogens is 1. The Morgan fingerprint density at radius 1 is 0.794 bits per heavy atom. The molecule has 1 aliphatic rings. The molecule has 1 N–H and O–H groups in total. The largest absolute Gasteiger partial charge is 0.497 e. The smallest absolute Gasteiger partial charge is 0.268 e. The number of carbonyl (C=O) groups is 2. The second-order valence-electron chi connectivity index (χ2n) is 9.83. The van der Waals surface area contributed by atoms with Gasteiger partial charge in [-0.25, -0.2) is 4.90 Å². The van der Waals surface area contributed by atoms with Crippen LogP contribution in [-0.4, -0.2) is 23.9 Å². The van der Waals surface area contributed by atoms with Crippen LogP contribution in [-0.2, 0) is 5.41 Å². The summed E-state index contributed by atoms with van der Waals surface area (Å²) in [6, 6.07) is 21.2. The maximum atomic E-state index is 13.8. The van der Waals surface area contributed by atoms with E-state index in [0.29, 0.717) is 22.3 Å². The molecule has 0 radical (unpaired) electrons. The zero-order chi connectivity index (χ0) is 23.8. The number of anilines is 1. The highest BCUT2D eigenvalue weighted by Crippen LogP contribution is 2.43. The third-order valence-corrected chi connectivity index (χ3v) is 6.78. The number of hydrogen-bond donors (Lipinski definition) is 1. The van der Waals surface area contributed by atoms with Crippen molar-refractivity contribution in [1.29, 1.82) is 0 Å². The van der Waals surface area contributed by atoms with Crippen molar-refractivity contribution in [1.82, 2.24) is 4.98 Å². The first-order valence-electron chi connectivity index (χ1n) is 11.3. The Morgan fingerprint density at radius 3 is 2.24 bits per heavy atom. The fourth-order valence-electron chi connectivity index (χ4n) is 5.02. The molecular formula is C29H24N2O3. The van der Waals surface area contributed by atoms with E-state index >= 15 is 0 Å². The van der Waals surface area contributed by atoms with Crippen molar-refractivity contribution in [3.63, 3.8) is 0 Å². The fraction of sp³-hybridized carbons (Fsp3) is 0.172. The predicted octanol–water partition coefficient (Wildman–Crippen LogP) is 6.58. The van der Waals surface area contributed by atoms with Gasteiger partial charge >= 0.3 is 0 Å². The molecule has 0 fully saturated rings. The maximum absolute atomic E-state index is 13.8. The molecule has 0 unspecified atom stereocenters. The van der Waals surface area contributed by atoms with Gasteiger partial charge in [-0.2, -0.15) is 0 Å². The van der Waals surface area contributed by atoms with E-state index in [1.165, 1.54) is 4.90 Å². The number of hydrogen-bond acceptors (Lipinski definition) is 3. The first-order valence-corrected chi connectivity index (χ1v) is 11.3. The van der Waals surface area contributed by atoms with Crippen LogP contribution < -0.4 is 9.64 Å². The summed E-state index contributed by atoms with van der Waals surface area (Å²) < 4.78 is 5.48. The minimum absolute atomic E-state index is 0.107.